The van der Waals surface area contributed by atoms with Gasteiger partial charge in [-0.25, -0.2) is 0 Å². The summed E-state index contributed by atoms with van der Waals surface area (Å²) in [6, 6.07) is 0. The Balaban J connectivity index is 2.39. The molecule has 1 aliphatic rings. The van der Waals surface area contributed by atoms with Crippen LogP contribution >= 0.6 is 24.4 Å². The molecule has 2 unspecified atom stereocenters. The number of hydrogen-bond donors (Lipinski definition) is 2. The Morgan fingerprint density at radius 2 is 2.64 bits per heavy atom. The van der Waals surface area contributed by atoms with Crippen molar-refractivity contribution in [3.8, 4) is 0 Å². The fraction of sp³-hybridized carbons (Fsp3) is 0.833. The molecule has 3 nitrogen and oxygen atoms in total. The summed E-state index contributed by atoms with van der Waals surface area (Å²) in [7, 11) is 0. The summed E-state index contributed by atoms with van der Waals surface area (Å²) in [5.74, 6) is 0.723. The predicted molar refractivity (Wildman–Crippen MR) is 47.1 cm³/mol. The molecule has 0 amide bonds. The SMILES string of the molecule is O=C(C(S)CO)C1OCCS1. The van der Waals surface area contributed by atoms with Crippen molar-refractivity contribution >= 4 is 30.2 Å². The lowest BCUT2D eigenvalue weighted by atomic mass is 10.3. The molecule has 11 heavy (non-hydrogen) atoms. The molecular formula is C6H10O3S2. The molecule has 1 aliphatic heterocycles. The molecule has 0 aliphatic carbocycles. The number of ketones is 1. The second-order valence-electron chi connectivity index (χ2n) is 2.17. The number of thiol groups is 1. The molecule has 1 saturated heterocycles. The molecule has 1 fully saturated rings. The third kappa shape index (κ3) is 2.37. The predicted octanol–water partition coefficient (Wildman–Crippen LogP) is -0.0643. The van der Waals surface area contributed by atoms with E-state index in [0.29, 0.717) is 6.61 Å². The number of ether oxygens (including phenoxy) is 1. The first kappa shape index (κ1) is 9.38. The van der Waals surface area contributed by atoms with E-state index in [-0.39, 0.29) is 12.4 Å². The second kappa shape index (κ2) is 4.35. The molecule has 0 radical (unpaired) electrons. The van der Waals surface area contributed by atoms with E-state index in [4.69, 9.17) is 9.84 Å². The summed E-state index contributed by atoms with van der Waals surface area (Å²) in [5, 5.41) is 8.01. The molecule has 0 aromatic heterocycles. The molecule has 5 heteroatoms. The van der Waals surface area contributed by atoms with E-state index in [1.807, 2.05) is 0 Å². The van der Waals surface area contributed by atoms with Gasteiger partial charge in [-0.15, -0.1) is 11.8 Å². The number of aliphatic hydroxyl groups is 1. The van der Waals surface area contributed by atoms with Crippen LogP contribution in [0.4, 0.5) is 0 Å². The Morgan fingerprint density at radius 1 is 1.91 bits per heavy atom. The van der Waals surface area contributed by atoms with Crippen LogP contribution in [0.1, 0.15) is 0 Å². The fourth-order valence-electron chi connectivity index (χ4n) is 0.770. The van der Waals surface area contributed by atoms with Crippen LogP contribution in [0.3, 0.4) is 0 Å². The number of carbonyl (C=O) groups excluding carboxylic acids is 1. The summed E-state index contributed by atoms with van der Waals surface area (Å²) in [4.78, 5) is 11.2. The molecule has 0 saturated carbocycles. The summed E-state index contributed by atoms with van der Waals surface area (Å²) in [6.07, 6.45) is 0. The molecule has 1 N–H and O–H groups in total. The van der Waals surface area contributed by atoms with E-state index in [0.717, 1.165) is 5.75 Å². The standard InChI is InChI=1S/C6H10O3S2/c7-3-4(10)5(8)6-9-1-2-11-6/h4,6-7,10H,1-3H2. The zero-order valence-corrected chi connectivity index (χ0v) is 7.61. The van der Waals surface area contributed by atoms with Gasteiger partial charge in [0.25, 0.3) is 0 Å². The van der Waals surface area contributed by atoms with Crippen LogP contribution in [0.25, 0.3) is 0 Å². The van der Waals surface area contributed by atoms with Crippen LogP contribution in [0.15, 0.2) is 0 Å². The zero-order valence-electron chi connectivity index (χ0n) is 5.90. The lowest BCUT2D eigenvalue weighted by Crippen LogP contribution is -2.28. The quantitative estimate of drug-likeness (QED) is 0.618. The smallest absolute Gasteiger partial charge is 0.186 e. The molecule has 0 aromatic carbocycles. The highest BCUT2D eigenvalue weighted by Gasteiger charge is 2.28. The second-order valence-corrected chi connectivity index (χ2v) is 3.97. The molecule has 1 heterocycles. The van der Waals surface area contributed by atoms with Gasteiger partial charge in [0.1, 0.15) is 0 Å². The first-order valence-corrected chi connectivity index (χ1v) is 4.88. The molecule has 0 spiro atoms. The van der Waals surface area contributed by atoms with Crippen LogP contribution in [0.2, 0.25) is 0 Å². The number of Topliss-reactive ketones (excluding diaryl/α,β-unsaturated/α-hetero) is 1. The van der Waals surface area contributed by atoms with Crippen LogP contribution in [0, 0.1) is 0 Å². The van der Waals surface area contributed by atoms with Crippen molar-refractivity contribution in [2.45, 2.75) is 10.7 Å². The molecule has 1 rings (SSSR count). The maximum Gasteiger partial charge on any atom is 0.186 e. The Morgan fingerprint density at radius 3 is 3.09 bits per heavy atom. The summed E-state index contributed by atoms with van der Waals surface area (Å²) < 4.78 is 5.09. The molecule has 64 valence electrons. The fourth-order valence-corrected chi connectivity index (χ4v) is 1.93. The minimum atomic E-state index is -0.592. The van der Waals surface area contributed by atoms with Crippen molar-refractivity contribution in [2.24, 2.45) is 0 Å². The van der Waals surface area contributed by atoms with E-state index in [1.54, 1.807) is 0 Å². The minimum Gasteiger partial charge on any atom is -0.395 e. The zero-order chi connectivity index (χ0) is 8.27. The normalized spacial score (nSPS) is 26.9. The molecule has 2 atom stereocenters. The van der Waals surface area contributed by atoms with Crippen molar-refractivity contribution in [3.05, 3.63) is 0 Å². The van der Waals surface area contributed by atoms with Gasteiger partial charge in [-0.1, -0.05) is 0 Å². The topological polar surface area (TPSA) is 46.5 Å². The van der Waals surface area contributed by atoms with E-state index in [1.165, 1.54) is 11.8 Å². The maximum absolute atomic E-state index is 11.2. The van der Waals surface area contributed by atoms with Crippen molar-refractivity contribution in [2.75, 3.05) is 19.0 Å². The first-order chi connectivity index (χ1) is 5.25. The highest BCUT2D eigenvalue weighted by Crippen LogP contribution is 2.22. The van der Waals surface area contributed by atoms with Crippen molar-refractivity contribution < 1.29 is 14.6 Å². The van der Waals surface area contributed by atoms with Crippen molar-refractivity contribution in [3.63, 3.8) is 0 Å². The highest BCUT2D eigenvalue weighted by molar-refractivity contribution is 8.00. The van der Waals surface area contributed by atoms with Crippen LogP contribution < -0.4 is 0 Å². The largest absolute Gasteiger partial charge is 0.395 e. The highest BCUT2D eigenvalue weighted by atomic mass is 32.2. The van der Waals surface area contributed by atoms with Gasteiger partial charge in [-0.2, -0.15) is 12.6 Å². The van der Waals surface area contributed by atoms with E-state index >= 15 is 0 Å². The van der Waals surface area contributed by atoms with Gasteiger partial charge in [0.2, 0.25) is 0 Å². The maximum atomic E-state index is 11.2. The number of hydrogen-bond acceptors (Lipinski definition) is 5. The van der Waals surface area contributed by atoms with Crippen molar-refractivity contribution in [1.29, 1.82) is 0 Å². The Kier molecular flexibility index (Phi) is 3.71. The van der Waals surface area contributed by atoms with Crippen molar-refractivity contribution in [1.82, 2.24) is 0 Å². The summed E-state index contributed by atoms with van der Waals surface area (Å²) in [5.41, 5.74) is -0.398. The molecule has 0 bridgehead atoms. The van der Waals surface area contributed by atoms with Gasteiger partial charge >= 0.3 is 0 Å². The number of aliphatic hydroxyl groups excluding tert-OH is 1. The number of carbonyl (C=O) groups is 1. The average molecular weight is 194 g/mol. The van der Waals surface area contributed by atoms with Gasteiger partial charge in [-0.3, -0.25) is 4.79 Å². The Bertz CT molecular complexity index is 145. The lowest BCUT2D eigenvalue weighted by Gasteiger charge is -2.10. The number of rotatable bonds is 3. The summed E-state index contributed by atoms with van der Waals surface area (Å²) in [6.45, 7) is 0.398. The van der Waals surface area contributed by atoms with E-state index in [9.17, 15) is 4.79 Å². The monoisotopic (exact) mass is 194 g/mol. The minimum absolute atomic E-state index is 0.127. The van der Waals surface area contributed by atoms with Gasteiger partial charge in [-0.05, 0) is 0 Å². The van der Waals surface area contributed by atoms with E-state index < -0.39 is 10.7 Å². The average Bonchev–Trinajstić information content (AvgIpc) is 2.53. The Labute approximate surface area is 74.9 Å². The molecular weight excluding hydrogens is 184 g/mol. The van der Waals surface area contributed by atoms with Crippen LogP contribution in [-0.4, -0.2) is 40.5 Å². The third-order valence-corrected chi connectivity index (χ3v) is 2.85. The van der Waals surface area contributed by atoms with Crippen LogP contribution in [0.5, 0.6) is 0 Å². The van der Waals surface area contributed by atoms with Gasteiger partial charge < -0.3 is 9.84 Å². The third-order valence-electron chi connectivity index (χ3n) is 1.36. The van der Waals surface area contributed by atoms with Gasteiger partial charge in [0.15, 0.2) is 11.2 Å². The molecule has 0 aromatic rings. The van der Waals surface area contributed by atoms with E-state index in [2.05, 4.69) is 12.6 Å². The summed E-state index contributed by atoms with van der Waals surface area (Å²) >= 11 is 5.37. The number of thioether (sulfide) groups is 1. The van der Waals surface area contributed by atoms with Gasteiger partial charge in [0, 0.05) is 5.75 Å². The Hall–Kier alpha value is 0.290. The van der Waals surface area contributed by atoms with Crippen LogP contribution in [-0.2, 0) is 9.53 Å². The lowest BCUT2D eigenvalue weighted by molar-refractivity contribution is -0.124. The first-order valence-electron chi connectivity index (χ1n) is 3.31. The van der Waals surface area contributed by atoms with Gasteiger partial charge in [0.05, 0.1) is 18.5 Å².